The van der Waals surface area contributed by atoms with Gasteiger partial charge in [0.05, 0.1) is 6.04 Å². The number of rotatable bonds is 3. The van der Waals surface area contributed by atoms with Gasteiger partial charge in [-0.2, -0.15) is 5.48 Å². The van der Waals surface area contributed by atoms with Gasteiger partial charge in [0.1, 0.15) is 0 Å². The van der Waals surface area contributed by atoms with E-state index in [1.54, 1.807) is 0 Å². The summed E-state index contributed by atoms with van der Waals surface area (Å²) < 4.78 is 0. The average molecular weight is 174 g/mol. The lowest BCUT2D eigenvalue weighted by molar-refractivity contribution is -0.158. The minimum absolute atomic E-state index is 0.291. The summed E-state index contributed by atoms with van der Waals surface area (Å²) >= 11 is 0. The Balaban J connectivity index is 3.54. The van der Waals surface area contributed by atoms with E-state index >= 15 is 0 Å². The molecule has 70 valence electrons. The Bertz CT molecular complexity index is 168. The van der Waals surface area contributed by atoms with E-state index in [9.17, 15) is 9.59 Å². The summed E-state index contributed by atoms with van der Waals surface area (Å²) in [7, 11) is 0. The Morgan fingerprint density at radius 3 is 2.58 bits per heavy atom. The lowest BCUT2D eigenvalue weighted by Crippen LogP contribution is -2.39. The van der Waals surface area contributed by atoms with Crippen LogP contribution in [0.4, 0.5) is 0 Å². The zero-order valence-electron chi connectivity index (χ0n) is 7.29. The molecule has 0 aliphatic carbocycles. The van der Waals surface area contributed by atoms with Gasteiger partial charge in [-0.05, 0) is 13.3 Å². The van der Waals surface area contributed by atoms with E-state index in [-0.39, 0.29) is 0 Å². The van der Waals surface area contributed by atoms with Crippen LogP contribution in [-0.2, 0) is 14.4 Å². The van der Waals surface area contributed by atoms with E-state index in [1.807, 2.05) is 12.4 Å². The molecule has 0 aromatic carbocycles. The zero-order valence-corrected chi connectivity index (χ0v) is 7.29. The van der Waals surface area contributed by atoms with Crippen LogP contribution < -0.4 is 11.2 Å². The minimum Gasteiger partial charge on any atom is -0.341 e. The molecule has 3 N–H and O–H groups in total. The van der Waals surface area contributed by atoms with Crippen LogP contribution >= 0.6 is 0 Å². The molecule has 5 nitrogen and oxygen atoms in total. The third-order valence-electron chi connectivity index (χ3n) is 1.13. The second kappa shape index (κ2) is 5.54. The molecule has 0 saturated heterocycles. The van der Waals surface area contributed by atoms with Crippen LogP contribution in [0.3, 0.4) is 0 Å². The summed E-state index contributed by atoms with van der Waals surface area (Å²) in [4.78, 5) is 25.8. The van der Waals surface area contributed by atoms with Gasteiger partial charge in [0.25, 0.3) is 5.91 Å². The number of amides is 1. The Labute approximate surface area is 71.2 Å². The van der Waals surface area contributed by atoms with Gasteiger partial charge in [0.15, 0.2) is 0 Å². The maximum absolute atomic E-state index is 10.7. The quantitative estimate of drug-likeness (QED) is 0.576. The normalized spacial score (nSPS) is 11.9. The first-order valence-electron chi connectivity index (χ1n) is 3.83. The smallest absolute Gasteiger partial charge is 0.332 e. The fourth-order valence-corrected chi connectivity index (χ4v) is 0.455. The molecule has 0 fully saturated rings. The summed E-state index contributed by atoms with van der Waals surface area (Å²) in [6.45, 7) is 3.34. The molecule has 1 atom stereocenters. The van der Waals surface area contributed by atoms with E-state index in [1.165, 1.54) is 6.92 Å². The van der Waals surface area contributed by atoms with E-state index in [0.29, 0.717) is 12.8 Å². The molecule has 0 radical (unpaired) electrons. The van der Waals surface area contributed by atoms with Crippen molar-refractivity contribution >= 4 is 11.9 Å². The molecule has 0 aromatic heterocycles. The topological polar surface area (TPSA) is 81.4 Å². The maximum atomic E-state index is 10.7. The number of nitrogens with two attached hydrogens (primary N) is 1. The van der Waals surface area contributed by atoms with Gasteiger partial charge in [-0.15, -0.1) is 0 Å². The standard InChI is InChI=1S/C7H14N2O3/c1-3-4-6(10)12-9-7(11)5(2)8/h5H,3-4,8H2,1-2H3,(H,9,11). The molecule has 1 amide bonds. The van der Waals surface area contributed by atoms with Crippen molar-refractivity contribution in [1.29, 1.82) is 0 Å². The average Bonchev–Trinajstić information content (AvgIpc) is 2.00. The van der Waals surface area contributed by atoms with Gasteiger partial charge in [0.2, 0.25) is 0 Å². The summed E-state index contributed by atoms with van der Waals surface area (Å²) in [5.74, 6) is -0.953. The maximum Gasteiger partial charge on any atom is 0.332 e. The van der Waals surface area contributed by atoms with Gasteiger partial charge in [-0.3, -0.25) is 4.79 Å². The Morgan fingerprint density at radius 2 is 2.17 bits per heavy atom. The van der Waals surface area contributed by atoms with Gasteiger partial charge in [0, 0.05) is 6.42 Å². The second-order valence-electron chi connectivity index (χ2n) is 2.48. The van der Waals surface area contributed by atoms with Crippen molar-refractivity contribution in [3.63, 3.8) is 0 Å². The van der Waals surface area contributed by atoms with Gasteiger partial charge in [-0.1, -0.05) is 6.92 Å². The van der Waals surface area contributed by atoms with E-state index < -0.39 is 17.9 Å². The van der Waals surface area contributed by atoms with Crippen molar-refractivity contribution in [3.8, 4) is 0 Å². The highest BCUT2D eigenvalue weighted by atomic mass is 16.7. The second-order valence-corrected chi connectivity index (χ2v) is 2.48. The minimum atomic E-state index is -0.667. The first-order chi connectivity index (χ1) is 5.57. The highest BCUT2D eigenvalue weighted by Gasteiger charge is 2.09. The summed E-state index contributed by atoms with van der Waals surface area (Å²) in [6.07, 6.45) is 0.978. The molecule has 0 rings (SSSR count). The Kier molecular flexibility index (Phi) is 5.03. The third-order valence-corrected chi connectivity index (χ3v) is 1.13. The van der Waals surface area contributed by atoms with Crippen molar-refractivity contribution < 1.29 is 14.4 Å². The highest BCUT2D eigenvalue weighted by molar-refractivity contribution is 5.81. The van der Waals surface area contributed by atoms with Gasteiger partial charge >= 0.3 is 5.97 Å². The number of carbonyl (C=O) groups is 2. The van der Waals surface area contributed by atoms with Crippen molar-refractivity contribution in [2.75, 3.05) is 0 Å². The molecule has 0 bridgehead atoms. The Morgan fingerprint density at radius 1 is 1.58 bits per heavy atom. The van der Waals surface area contributed by atoms with Crippen LogP contribution in [0.5, 0.6) is 0 Å². The van der Waals surface area contributed by atoms with E-state index in [0.717, 1.165) is 0 Å². The lowest BCUT2D eigenvalue weighted by Gasteiger charge is -2.06. The fourth-order valence-electron chi connectivity index (χ4n) is 0.455. The monoisotopic (exact) mass is 174 g/mol. The number of nitrogens with one attached hydrogen (secondary N) is 1. The first-order valence-corrected chi connectivity index (χ1v) is 3.83. The van der Waals surface area contributed by atoms with Crippen LogP contribution in [0.2, 0.25) is 0 Å². The van der Waals surface area contributed by atoms with Gasteiger partial charge < -0.3 is 10.6 Å². The molecule has 1 unspecified atom stereocenters. The van der Waals surface area contributed by atoms with Crippen LogP contribution in [0.25, 0.3) is 0 Å². The van der Waals surface area contributed by atoms with Crippen LogP contribution in [0, 0.1) is 0 Å². The molecule has 12 heavy (non-hydrogen) atoms. The van der Waals surface area contributed by atoms with Crippen LogP contribution in [-0.4, -0.2) is 17.9 Å². The predicted octanol–water partition coefficient (Wildman–Crippen LogP) is -0.292. The predicted molar refractivity (Wildman–Crippen MR) is 42.8 cm³/mol. The van der Waals surface area contributed by atoms with Crippen molar-refractivity contribution in [3.05, 3.63) is 0 Å². The highest BCUT2D eigenvalue weighted by Crippen LogP contribution is 1.88. The fraction of sp³-hybridized carbons (Fsp3) is 0.714. The van der Waals surface area contributed by atoms with E-state index in [4.69, 9.17) is 5.73 Å². The molecule has 0 aromatic rings. The zero-order chi connectivity index (χ0) is 9.56. The molecule has 0 aliphatic rings. The number of hydrogen-bond acceptors (Lipinski definition) is 4. The molecule has 0 spiro atoms. The first kappa shape index (κ1) is 10.9. The van der Waals surface area contributed by atoms with Crippen molar-refractivity contribution in [1.82, 2.24) is 5.48 Å². The summed E-state index contributed by atoms with van der Waals surface area (Å²) in [6, 6.07) is -0.667. The van der Waals surface area contributed by atoms with Crippen LogP contribution in [0.15, 0.2) is 0 Å². The number of carbonyl (C=O) groups excluding carboxylic acids is 2. The third kappa shape index (κ3) is 4.68. The molecular formula is C7H14N2O3. The molecule has 0 aliphatic heterocycles. The summed E-state index contributed by atoms with van der Waals surface area (Å²) in [5, 5.41) is 0. The van der Waals surface area contributed by atoms with Crippen LogP contribution in [0.1, 0.15) is 26.7 Å². The molecule has 5 heteroatoms. The molecule has 0 heterocycles. The van der Waals surface area contributed by atoms with Gasteiger partial charge in [-0.25, -0.2) is 4.79 Å². The molecule has 0 saturated carbocycles. The largest absolute Gasteiger partial charge is 0.341 e. The molecular weight excluding hydrogens is 160 g/mol. The lowest BCUT2D eigenvalue weighted by atomic mass is 10.3. The van der Waals surface area contributed by atoms with Crippen molar-refractivity contribution in [2.24, 2.45) is 5.73 Å². The van der Waals surface area contributed by atoms with E-state index in [2.05, 4.69) is 4.84 Å². The van der Waals surface area contributed by atoms with Crippen molar-refractivity contribution in [2.45, 2.75) is 32.7 Å². The number of hydroxylamine groups is 1. The number of hydrogen-bond donors (Lipinski definition) is 2. The Hall–Kier alpha value is -1.10. The summed E-state index contributed by atoms with van der Waals surface area (Å²) in [5.41, 5.74) is 7.15. The SMILES string of the molecule is CCCC(=O)ONC(=O)C(C)N.